The van der Waals surface area contributed by atoms with Crippen molar-refractivity contribution in [2.45, 2.75) is 58.1 Å². The summed E-state index contributed by atoms with van der Waals surface area (Å²) in [6, 6.07) is 4.10. The zero-order valence-electron chi connectivity index (χ0n) is 11.3. The maximum absolute atomic E-state index is 6.01. The standard InChI is InChI=1S/C15H24N2O/c1-2-16-11-13-9-10-15(12-17-13)18-14-7-5-3-4-6-8-14/h9-10,12,14,16H,2-8,11H2,1H3. The van der Waals surface area contributed by atoms with Crippen LogP contribution in [0.2, 0.25) is 0 Å². The summed E-state index contributed by atoms with van der Waals surface area (Å²) in [6.45, 7) is 3.91. The summed E-state index contributed by atoms with van der Waals surface area (Å²) in [5.74, 6) is 0.919. The SMILES string of the molecule is CCNCc1ccc(OC2CCCCCC2)cn1. The molecule has 0 atom stereocenters. The van der Waals surface area contributed by atoms with Gasteiger partial charge in [0.2, 0.25) is 0 Å². The highest BCUT2D eigenvalue weighted by atomic mass is 16.5. The molecule has 100 valence electrons. The smallest absolute Gasteiger partial charge is 0.138 e. The third-order valence-electron chi connectivity index (χ3n) is 3.46. The van der Waals surface area contributed by atoms with Gasteiger partial charge in [-0.3, -0.25) is 4.98 Å². The number of aromatic nitrogens is 1. The van der Waals surface area contributed by atoms with E-state index in [1.807, 2.05) is 12.3 Å². The first kappa shape index (κ1) is 13.3. The number of pyridine rings is 1. The molecular weight excluding hydrogens is 224 g/mol. The maximum atomic E-state index is 6.01. The van der Waals surface area contributed by atoms with Gasteiger partial charge in [-0.2, -0.15) is 0 Å². The van der Waals surface area contributed by atoms with E-state index in [9.17, 15) is 0 Å². The summed E-state index contributed by atoms with van der Waals surface area (Å²) in [6.07, 6.45) is 9.97. The molecule has 0 amide bonds. The van der Waals surface area contributed by atoms with Crippen LogP contribution in [0, 0.1) is 0 Å². The van der Waals surface area contributed by atoms with Gasteiger partial charge in [-0.25, -0.2) is 0 Å². The molecule has 1 aromatic rings. The lowest BCUT2D eigenvalue weighted by Gasteiger charge is -2.16. The summed E-state index contributed by atoms with van der Waals surface area (Å²) in [7, 11) is 0. The van der Waals surface area contributed by atoms with Gasteiger partial charge in [-0.05, 0) is 44.4 Å². The normalized spacial score (nSPS) is 17.4. The van der Waals surface area contributed by atoms with Crippen molar-refractivity contribution in [1.82, 2.24) is 10.3 Å². The van der Waals surface area contributed by atoms with Gasteiger partial charge in [0.15, 0.2) is 0 Å². The summed E-state index contributed by atoms with van der Waals surface area (Å²) >= 11 is 0. The molecule has 3 heteroatoms. The average molecular weight is 248 g/mol. The molecule has 0 aliphatic heterocycles. The molecule has 0 aromatic carbocycles. The van der Waals surface area contributed by atoms with Gasteiger partial charge in [-0.1, -0.05) is 19.8 Å². The van der Waals surface area contributed by atoms with Crippen molar-refractivity contribution in [2.24, 2.45) is 0 Å². The Hall–Kier alpha value is -1.09. The average Bonchev–Trinajstić information content (AvgIpc) is 2.67. The molecular formula is C15H24N2O. The predicted molar refractivity (Wildman–Crippen MR) is 73.7 cm³/mol. The number of hydrogen-bond donors (Lipinski definition) is 1. The highest BCUT2D eigenvalue weighted by molar-refractivity contribution is 5.20. The van der Waals surface area contributed by atoms with E-state index >= 15 is 0 Å². The first-order valence-corrected chi connectivity index (χ1v) is 7.21. The van der Waals surface area contributed by atoms with E-state index in [1.54, 1.807) is 0 Å². The zero-order valence-corrected chi connectivity index (χ0v) is 11.3. The Kier molecular flexibility index (Phi) is 5.46. The van der Waals surface area contributed by atoms with Crippen LogP contribution in [0.5, 0.6) is 5.75 Å². The van der Waals surface area contributed by atoms with E-state index < -0.39 is 0 Å². The quantitative estimate of drug-likeness (QED) is 0.812. The lowest BCUT2D eigenvalue weighted by Crippen LogP contribution is -2.16. The second kappa shape index (κ2) is 7.37. The number of rotatable bonds is 5. The molecule has 2 rings (SSSR count). The Labute approximate surface area is 110 Å². The second-order valence-electron chi connectivity index (χ2n) is 5.00. The number of nitrogens with one attached hydrogen (secondary N) is 1. The molecule has 0 bridgehead atoms. The Morgan fingerprint density at radius 1 is 1.22 bits per heavy atom. The summed E-state index contributed by atoms with van der Waals surface area (Å²) in [5.41, 5.74) is 1.07. The molecule has 1 saturated carbocycles. The van der Waals surface area contributed by atoms with Crippen LogP contribution in [0.1, 0.15) is 51.1 Å². The minimum Gasteiger partial charge on any atom is -0.489 e. The molecule has 1 N–H and O–H groups in total. The molecule has 18 heavy (non-hydrogen) atoms. The first-order chi connectivity index (χ1) is 8.88. The molecule has 1 aromatic heterocycles. The van der Waals surface area contributed by atoms with Gasteiger partial charge < -0.3 is 10.1 Å². The van der Waals surface area contributed by atoms with Crippen molar-refractivity contribution in [3.8, 4) is 5.75 Å². The zero-order chi connectivity index (χ0) is 12.6. The third-order valence-corrected chi connectivity index (χ3v) is 3.46. The van der Waals surface area contributed by atoms with Crippen LogP contribution >= 0.6 is 0 Å². The highest BCUT2D eigenvalue weighted by Crippen LogP contribution is 2.22. The van der Waals surface area contributed by atoms with Crippen LogP contribution in [0.3, 0.4) is 0 Å². The minimum atomic E-state index is 0.397. The fourth-order valence-corrected chi connectivity index (χ4v) is 2.39. The van der Waals surface area contributed by atoms with E-state index in [0.29, 0.717) is 6.10 Å². The maximum Gasteiger partial charge on any atom is 0.138 e. The van der Waals surface area contributed by atoms with Crippen molar-refractivity contribution < 1.29 is 4.74 Å². The molecule has 0 saturated heterocycles. The fraction of sp³-hybridized carbons (Fsp3) is 0.667. The first-order valence-electron chi connectivity index (χ1n) is 7.21. The monoisotopic (exact) mass is 248 g/mol. The molecule has 3 nitrogen and oxygen atoms in total. The van der Waals surface area contributed by atoms with Gasteiger partial charge in [0.1, 0.15) is 5.75 Å². The van der Waals surface area contributed by atoms with Crippen LogP contribution in [-0.2, 0) is 6.54 Å². The largest absolute Gasteiger partial charge is 0.489 e. The Morgan fingerprint density at radius 2 is 2.00 bits per heavy atom. The topological polar surface area (TPSA) is 34.1 Å². The van der Waals surface area contributed by atoms with Crippen LogP contribution in [0.25, 0.3) is 0 Å². The van der Waals surface area contributed by atoms with Crippen molar-refractivity contribution >= 4 is 0 Å². The molecule has 0 unspecified atom stereocenters. The Bertz CT molecular complexity index is 329. The summed E-state index contributed by atoms with van der Waals surface area (Å²) < 4.78 is 6.01. The Balaban J connectivity index is 1.84. The van der Waals surface area contributed by atoms with Crippen molar-refractivity contribution in [1.29, 1.82) is 0 Å². The molecule has 0 spiro atoms. The number of nitrogens with zero attached hydrogens (tertiary/aromatic N) is 1. The van der Waals surface area contributed by atoms with E-state index in [2.05, 4.69) is 23.3 Å². The van der Waals surface area contributed by atoms with Gasteiger partial charge in [0, 0.05) is 6.54 Å². The summed E-state index contributed by atoms with van der Waals surface area (Å²) in [5, 5.41) is 3.27. The Morgan fingerprint density at radius 3 is 2.61 bits per heavy atom. The van der Waals surface area contributed by atoms with Crippen LogP contribution in [0.4, 0.5) is 0 Å². The van der Waals surface area contributed by atoms with Crippen LogP contribution in [0.15, 0.2) is 18.3 Å². The van der Waals surface area contributed by atoms with Gasteiger partial charge in [0.05, 0.1) is 18.0 Å². The molecule has 0 radical (unpaired) electrons. The summed E-state index contributed by atoms with van der Waals surface area (Å²) in [4.78, 5) is 4.42. The van der Waals surface area contributed by atoms with Gasteiger partial charge >= 0.3 is 0 Å². The number of ether oxygens (including phenoxy) is 1. The highest BCUT2D eigenvalue weighted by Gasteiger charge is 2.13. The molecule has 1 aliphatic carbocycles. The van der Waals surface area contributed by atoms with E-state index in [1.165, 1.54) is 38.5 Å². The van der Waals surface area contributed by atoms with Crippen molar-refractivity contribution in [3.05, 3.63) is 24.0 Å². The fourth-order valence-electron chi connectivity index (χ4n) is 2.39. The lowest BCUT2D eigenvalue weighted by molar-refractivity contribution is 0.183. The number of hydrogen-bond acceptors (Lipinski definition) is 3. The van der Waals surface area contributed by atoms with Crippen molar-refractivity contribution in [2.75, 3.05) is 6.54 Å². The van der Waals surface area contributed by atoms with Crippen LogP contribution < -0.4 is 10.1 Å². The van der Waals surface area contributed by atoms with E-state index in [-0.39, 0.29) is 0 Å². The molecule has 1 aliphatic rings. The second-order valence-corrected chi connectivity index (χ2v) is 5.00. The van der Waals surface area contributed by atoms with E-state index in [0.717, 1.165) is 24.5 Å². The molecule has 1 heterocycles. The third kappa shape index (κ3) is 4.30. The van der Waals surface area contributed by atoms with E-state index in [4.69, 9.17) is 4.74 Å². The minimum absolute atomic E-state index is 0.397. The van der Waals surface area contributed by atoms with Crippen LogP contribution in [-0.4, -0.2) is 17.6 Å². The lowest BCUT2D eigenvalue weighted by atomic mass is 10.1. The predicted octanol–water partition coefficient (Wildman–Crippen LogP) is 3.29. The van der Waals surface area contributed by atoms with Crippen molar-refractivity contribution in [3.63, 3.8) is 0 Å². The van der Waals surface area contributed by atoms with Gasteiger partial charge in [0.25, 0.3) is 0 Å². The van der Waals surface area contributed by atoms with Gasteiger partial charge in [-0.15, -0.1) is 0 Å². The molecule has 1 fully saturated rings.